The number of para-hydroxylation sites is 1. The highest BCUT2D eigenvalue weighted by Crippen LogP contribution is 2.28. The Labute approximate surface area is 176 Å². The summed E-state index contributed by atoms with van der Waals surface area (Å²) in [7, 11) is 0. The van der Waals surface area contributed by atoms with Crippen LogP contribution in [0.5, 0.6) is 0 Å². The lowest BCUT2D eigenvalue weighted by atomic mass is 10.0. The molecule has 1 aromatic heterocycles. The molecule has 1 fully saturated rings. The van der Waals surface area contributed by atoms with Gasteiger partial charge in [-0.3, -0.25) is 9.59 Å². The maximum Gasteiger partial charge on any atom is 0.258 e. The van der Waals surface area contributed by atoms with Crippen LogP contribution in [-0.2, 0) is 4.79 Å². The zero-order valence-electron chi connectivity index (χ0n) is 17.4. The van der Waals surface area contributed by atoms with Gasteiger partial charge in [-0.2, -0.15) is 5.10 Å². The van der Waals surface area contributed by atoms with Gasteiger partial charge in [-0.25, -0.2) is 4.68 Å². The van der Waals surface area contributed by atoms with E-state index < -0.39 is 0 Å². The van der Waals surface area contributed by atoms with Gasteiger partial charge in [-0.05, 0) is 26.0 Å². The van der Waals surface area contributed by atoms with Crippen molar-refractivity contribution in [2.75, 3.05) is 26.2 Å². The number of rotatable bonds is 4. The summed E-state index contributed by atoms with van der Waals surface area (Å²) in [4.78, 5) is 29.5. The van der Waals surface area contributed by atoms with Crippen LogP contribution in [0.4, 0.5) is 0 Å². The van der Waals surface area contributed by atoms with Crippen LogP contribution >= 0.6 is 0 Å². The number of nitrogens with zero attached hydrogens (tertiary/aromatic N) is 4. The molecule has 0 radical (unpaired) electrons. The van der Waals surface area contributed by atoms with Gasteiger partial charge < -0.3 is 9.80 Å². The third-order valence-electron chi connectivity index (χ3n) is 5.64. The molecule has 0 N–H and O–H groups in total. The second-order valence-corrected chi connectivity index (χ2v) is 7.44. The van der Waals surface area contributed by atoms with Crippen LogP contribution in [0.25, 0.3) is 16.9 Å². The van der Waals surface area contributed by atoms with E-state index in [9.17, 15) is 9.59 Å². The third-order valence-corrected chi connectivity index (χ3v) is 5.64. The Hall–Kier alpha value is -3.41. The first-order chi connectivity index (χ1) is 14.6. The lowest BCUT2D eigenvalue weighted by Crippen LogP contribution is -2.36. The minimum Gasteiger partial charge on any atom is -0.341 e. The molecular formula is C24H26N4O2. The van der Waals surface area contributed by atoms with E-state index in [1.165, 1.54) is 0 Å². The second kappa shape index (κ2) is 8.53. The number of amides is 2. The van der Waals surface area contributed by atoms with E-state index in [1.807, 2.05) is 84.1 Å². The number of carbonyl (C=O) groups is 2. The molecule has 6 heteroatoms. The molecule has 0 atom stereocenters. The van der Waals surface area contributed by atoms with Crippen molar-refractivity contribution in [2.24, 2.45) is 0 Å². The molecule has 6 nitrogen and oxygen atoms in total. The molecule has 3 aromatic rings. The molecule has 0 saturated carbocycles. The van der Waals surface area contributed by atoms with E-state index >= 15 is 0 Å². The Bertz CT molecular complexity index is 1040. The fourth-order valence-corrected chi connectivity index (χ4v) is 3.94. The van der Waals surface area contributed by atoms with E-state index in [4.69, 9.17) is 5.10 Å². The summed E-state index contributed by atoms with van der Waals surface area (Å²) >= 11 is 0. The van der Waals surface area contributed by atoms with Crippen LogP contribution in [0.15, 0.2) is 60.7 Å². The smallest absolute Gasteiger partial charge is 0.258 e. The number of benzene rings is 2. The van der Waals surface area contributed by atoms with Crippen molar-refractivity contribution >= 4 is 11.8 Å². The third kappa shape index (κ3) is 3.73. The average molecular weight is 402 g/mol. The van der Waals surface area contributed by atoms with E-state index in [0.29, 0.717) is 43.9 Å². The lowest BCUT2D eigenvalue weighted by molar-refractivity contribution is -0.130. The van der Waals surface area contributed by atoms with E-state index in [-0.39, 0.29) is 11.8 Å². The molecule has 4 rings (SSSR count). The summed E-state index contributed by atoms with van der Waals surface area (Å²) in [6, 6.07) is 19.6. The standard InChI is InChI=1S/C24H26N4O2/c1-3-26-16-17-27(15-14-21(26)29)24(30)22-18(2)28(20-12-8-5-9-13-20)25-23(22)19-10-6-4-7-11-19/h4-13H,3,14-17H2,1-2H3. The van der Waals surface area contributed by atoms with Crippen molar-refractivity contribution in [3.8, 4) is 16.9 Å². The highest BCUT2D eigenvalue weighted by Gasteiger charge is 2.29. The summed E-state index contributed by atoms with van der Waals surface area (Å²) < 4.78 is 1.83. The molecule has 30 heavy (non-hydrogen) atoms. The first-order valence-corrected chi connectivity index (χ1v) is 10.4. The maximum atomic E-state index is 13.7. The Morgan fingerprint density at radius 3 is 2.30 bits per heavy atom. The van der Waals surface area contributed by atoms with Gasteiger partial charge in [0.15, 0.2) is 0 Å². The molecule has 1 saturated heterocycles. The predicted octanol–water partition coefficient (Wildman–Crippen LogP) is 3.54. The minimum atomic E-state index is -0.0701. The Morgan fingerprint density at radius 1 is 0.967 bits per heavy atom. The Morgan fingerprint density at radius 2 is 1.63 bits per heavy atom. The summed E-state index contributed by atoms with van der Waals surface area (Å²) in [5, 5.41) is 4.83. The monoisotopic (exact) mass is 402 g/mol. The minimum absolute atomic E-state index is 0.0701. The molecule has 2 aromatic carbocycles. The van der Waals surface area contributed by atoms with Gasteiger partial charge in [-0.15, -0.1) is 0 Å². The fourth-order valence-electron chi connectivity index (χ4n) is 3.94. The molecule has 0 unspecified atom stereocenters. The summed E-state index contributed by atoms with van der Waals surface area (Å²) in [5.41, 5.74) is 3.88. The SMILES string of the molecule is CCN1CCN(C(=O)c2c(-c3ccccc3)nn(-c3ccccc3)c2C)CCC1=O. The Kier molecular flexibility index (Phi) is 5.65. The summed E-state index contributed by atoms with van der Waals surface area (Å²) in [5.74, 6) is 0.0343. The Balaban J connectivity index is 1.77. The zero-order valence-corrected chi connectivity index (χ0v) is 17.4. The van der Waals surface area contributed by atoms with Crippen LogP contribution in [0.3, 0.4) is 0 Å². The van der Waals surface area contributed by atoms with Crippen molar-refractivity contribution in [2.45, 2.75) is 20.3 Å². The van der Waals surface area contributed by atoms with Crippen molar-refractivity contribution in [3.05, 3.63) is 71.9 Å². The molecule has 0 spiro atoms. The normalized spacial score (nSPS) is 14.7. The zero-order chi connectivity index (χ0) is 21.1. The number of carbonyl (C=O) groups excluding carboxylic acids is 2. The number of likely N-dealkylation sites (N-methyl/N-ethyl adjacent to an activating group) is 1. The number of hydrogen-bond donors (Lipinski definition) is 0. The van der Waals surface area contributed by atoms with E-state index in [0.717, 1.165) is 16.9 Å². The molecule has 2 amide bonds. The van der Waals surface area contributed by atoms with Crippen LogP contribution in [-0.4, -0.2) is 57.6 Å². The van der Waals surface area contributed by atoms with Gasteiger partial charge >= 0.3 is 0 Å². The molecule has 1 aliphatic heterocycles. The summed E-state index contributed by atoms with van der Waals surface area (Å²) in [6.07, 6.45) is 0.353. The first kappa shape index (κ1) is 19.9. The lowest BCUT2D eigenvalue weighted by Gasteiger charge is -2.21. The summed E-state index contributed by atoms with van der Waals surface area (Å²) in [6.45, 7) is 6.09. The average Bonchev–Trinajstić information content (AvgIpc) is 3.01. The van der Waals surface area contributed by atoms with Gasteiger partial charge in [0, 0.05) is 38.2 Å². The van der Waals surface area contributed by atoms with E-state index in [2.05, 4.69) is 0 Å². The largest absolute Gasteiger partial charge is 0.341 e. The van der Waals surface area contributed by atoms with Crippen LogP contribution in [0.1, 0.15) is 29.4 Å². The highest BCUT2D eigenvalue weighted by molar-refractivity contribution is 6.01. The van der Waals surface area contributed by atoms with Crippen molar-refractivity contribution in [1.29, 1.82) is 0 Å². The molecule has 1 aliphatic rings. The molecule has 154 valence electrons. The van der Waals surface area contributed by atoms with Crippen molar-refractivity contribution in [3.63, 3.8) is 0 Å². The van der Waals surface area contributed by atoms with Gasteiger partial charge in [0.1, 0.15) is 5.69 Å². The quantitative estimate of drug-likeness (QED) is 0.671. The predicted molar refractivity (Wildman–Crippen MR) is 117 cm³/mol. The van der Waals surface area contributed by atoms with Crippen LogP contribution < -0.4 is 0 Å². The van der Waals surface area contributed by atoms with Gasteiger partial charge in [0.25, 0.3) is 5.91 Å². The van der Waals surface area contributed by atoms with Crippen LogP contribution in [0.2, 0.25) is 0 Å². The molecular weight excluding hydrogens is 376 g/mol. The highest BCUT2D eigenvalue weighted by atomic mass is 16.2. The van der Waals surface area contributed by atoms with Gasteiger partial charge in [-0.1, -0.05) is 48.5 Å². The van der Waals surface area contributed by atoms with Crippen molar-refractivity contribution < 1.29 is 9.59 Å². The topological polar surface area (TPSA) is 58.4 Å². The first-order valence-electron chi connectivity index (χ1n) is 10.4. The number of aromatic nitrogens is 2. The molecule has 0 bridgehead atoms. The number of hydrogen-bond acceptors (Lipinski definition) is 3. The van der Waals surface area contributed by atoms with Gasteiger partial charge in [0.05, 0.1) is 16.9 Å². The second-order valence-electron chi connectivity index (χ2n) is 7.44. The van der Waals surface area contributed by atoms with E-state index in [1.54, 1.807) is 4.90 Å². The molecule has 2 heterocycles. The van der Waals surface area contributed by atoms with Crippen LogP contribution in [0, 0.1) is 6.92 Å². The fraction of sp³-hybridized carbons (Fsp3) is 0.292. The van der Waals surface area contributed by atoms with Crippen molar-refractivity contribution in [1.82, 2.24) is 19.6 Å². The van der Waals surface area contributed by atoms with Gasteiger partial charge in [0.2, 0.25) is 5.91 Å². The maximum absolute atomic E-state index is 13.7. The molecule has 0 aliphatic carbocycles.